The van der Waals surface area contributed by atoms with Crippen molar-refractivity contribution in [3.05, 3.63) is 22.1 Å². The van der Waals surface area contributed by atoms with Crippen molar-refractivity contribution in [3.63, 3.8) is 0 Å². The Morgan fingerprint density at radius 1 is 1.27 bits per heavy atom. The highest BCUT2D eigenvalue weighted by molar-refractivity contribution is 8.03. The summed E-state index contributed by atoms with van der Waals surface area (Å²) in [5.74, 6) is -2.79. The van der Waals surface area contributed by atoms with E-state index in [1.165, 1.54) is 12.2 Å². The molecule has 2 atom stereocenters. The maximum atomic E-state index is 12.7. The molecule has 2 nitrogen and oxygen atoms in total. The first-order valence-corrected chi connectivity index (χ1v) is 7.40. The van der Waals surface area contributed by atoms with Gasteiger partial charge in [0.2, 0.25) is 5.84 Å². The van der Waals surface area contributed by atoms with E-state index in [0.29, 0.717) is 11.8 Å². The quantitative estimate of drug-likeness (QED) is 0.452. The molecule has 0 fully saturated rings. The second-order valence-corrected chi connectivity index (χ2v) is 5.97. The van der Waals surface area contributed by atoms with Crippen LogP contribution in [-0.4, -0.2) is 37.0 Å². The summed E-state index contributed by atoms with van der Waals surface area (Å²) in [6.45, 7) is 1.60. The van der Waals surface area contributed by atoms with Crippen molar-refractivity contribution in [2.45, 2.75) is 25.3 Å². The highest BCUT2D eigenvalue weighted by Crippen LogP contribution is 2.36. The lowest BCUT2D eigenvalue weighted by Crippen LogP contribution is -2.45. The Labute approximate surface area is 132 Å². The minimum Gasteiger partial charge on any atom is -0.359 e. The highest BCUT2D eigenvalue weighted by atomic mass is 35.5. The first-order chi connectivity index (χ1) is 9.94. The van der Waals surface area contributed by atoms with Crippen LogP contribution in [-0.2, 0) is 0 Å². The van der Waals surface area contributed by atoms with Crippen molar-refractivity contribution < 1.29 is 26.3 Å². The van der Waals surface area contributed by atoms with Crippen molar-refractivity contribution in [1.82, 2.24) is 5.32 Å². The Hall–Kier alpha value is -0.830. The maximum Gasteiger partial charge on any atom is 0.448 e. The zero-order valence-electron chi connectivity index (χ0n) is 11.5. The molecular formula is C12H13ClF6N2S. The topological polar surface area (TPSA) is 24.4 Å². The molecule has 1 aliphatic rings. The van der Waals surface area contributed by atoms with Gasteiger partial charge in [-0.3, -0.25) is 4.99 Å². The lowest BCUT2D eigenvalue weighted by Gasteiger charge is -2.27. The van der Waals surface area contributed by atoms with E-state index in [-0.39, 0.29) is 9.94 Å². The molecule has 0 aliphatic heterocycles. The molecule has 0 radical (unpaired) electrons. The Balaban J connectivity index is 2.89. The lowest BCUT2D eigenvalue weighted by atomic mass is 9.97. The van der Waals surface area contributed by atoms with Crippen molar-refractivity contribution in [1.29, 1.82) is 0 Å². The highest BCUT2D eigenvalue weighted by Gasteiger charge is 2.38. The molecule has 0 amide bonds. The first kappa shape index (κ1) is 19.2. The van der Waals surface area contributed by atoms with Gasteiger partial charge < -0.3 is 5.32 Å². The molecule has 0 bridgehead atoms. The Morgan fingerprint density at radius 2 is 1.86 bits per heavy atom. The molecule has 2 unspecified atom stereocenters. The number of allylic oxidation sites excluding steroid dienone is 1. The number of nitrogens with one attached hydrogen (secondary N) is 1. The first-order valence-electron chi connectivity index (χ1n) is 6.03. The summed E-state index contributed by atoms with van der Waals surface area (Å²) in [6, 6.07) is -0.849. The van der Waals surface area contributed by atoms with Gasteiger partial charge in [0, 0.05) is 12.0 Å². The Kier molecular flexibility index (Phi) is 6.26. The van der Waals surface area contributed by atoms with Gasteiger partial charge >= 0.3 is 12.4 Å². The van der Waals surface area contributed by atoms with Crippen molar-refractivity contribution in [3.8, 4) is 0 Å². The third-order valence-electron chi connectivity index (χ3n) is 2.73. The fourth-order valence-corrected chi connectivity index (χ4v) is 2.89. The summed E-state index contributed by atoms with van der Waals surface area (Å²) in [6.07, 6.45) is -6.37. The van der Waals surface area contributed by atoms with E-state index in [1.54, 1.807) is 6.92 Å². The number of aliphatic imine (C=N–C) groups is 1. The number of halogens is 7. The van der Waals surface area contributed by atoms with Gasteiger partial charge in [-0.05, 0) is 12.0 Å². The van der Waals surface area contributed by atoms with Crippen molar-refractivity contribution >= 4 is 29.2 Å². The van der Waals surface area contributed by atoms with Crippen LogP contribution in [0.5, 0.6) is 0 Å². The maximum absolute atomic E-state index is 12.7. The molecule has 0 saturated carbocycles. The van der Waals surface area contributed by atoms with E-state index in [9.17, 15) is 26.3 Å². The van der Waals surface area contributed by atoms with Crippen LogP contribution in [0.2, 0.25) is 0 Å². The van der Waals surface area contributed by atoms with Crippen LogP contribution in [0.3, 0.4) is 0 Å². The average molecular weight is 367 g/mol. The van der Waals surface area contributed by atoms with E-state index >= 15 is 0 Å². The summed E-state index contributed by atoms with van der Waals surface area (Å²) >= 11 is 6.29. The largest absolute Gasteiger partial charge is 0.448 e. The van der Waals surface area contributed by atoms with Crippen LogP contribution in [0, 0.1) is 5.92 Å². The Morgan fingerprint density at radius 3 is 2.32 bits per heavy atom. The normalized spacial score (nSPS) is 24.0. The van der Waals surface area contributed by atoms with E-state index < -0.39 is 35.9 Å². The van der Waals surface area contributed by atoms with Gasteiger partial charge in [-0.15, -0.1) is 11.8 Å². The Bertz CT molecular complexity index is 495. The molecule has 10 heteroatoms. The van der Waals surface area contributed by atoms with E-state index in [1.807, 2.05) is 0 Å². The summed E-state index contributed by atoms with van der Waals surface area (Å²) < 4.78 is 74.7. The van der Waals surface area contributed by atoms with E-state index in [4.69, 9.17) is 11.6 Å². The average Bonchev–Trinajstić information content (AvgIpc) is 2.33. The minimum absolute atomic E-state index is 0.0900. The van der Waals surface area contributed by atoms with Crippen LogP contribution in [0.4, 0.5) is 26.3 Å². The van der Waals surface area contributed by atoms with Gasteiger partial charge in [-0.1, -0.05) is 24.6 Å². The number of hydrogen-bond donors (Lipinski definition) is 1. The predicted octanol–water partition coefficient (Wildman–Crippen LogP) is 4.49. The van der Waals surface area contributed by atoms with E-state index in [2.05, 4.69) is 10.3 Å². The van der Waals surface area contributed by atoms with Gasteiger partial charge in [-0.25, -0.2) is 0 Å². The molecule has 0 heterocycles. The molecule has 0 saturated heterocycles. The monoisotopic (exact) mass is 366 g/mol. The number of hydrogen-bond acceptors (Lipinski definition) is 2. The fourth-order valence-electron chi connectivity index (χ4n) is 1.69. The third-order valence-corrected chi connectivity index (χ3v) is 4.31. The molecular weight excluding hydrogens is 354 g/mol. The molecule has 126 valence electrons. The predicted molar refractivity (Wildman–Crippen MR) is 76.0 cm³/mol. The zero-order valence-corrected chi connectivity index (χ0v) is 13.1. The van der Waals surface area contributed by atoms with Gasteiger partial charge in [0.15, 0.2) is 0 Å². The number of thioether (sulfide) groups is 1. The number of nitrogens with zero attached hydrogens (tertiary/aromatic N) is 1. The van der Waals surface area contributed by atoms with Crippen LogP contribution in [0.1, 0.15) is 6.92 Å². The van der Waals surface area contributed by atoms with Crippen molar-refractivity contribution in [2.24, 2.45) is 10.9 Å². The smallest absolute Gasteiger partial charge is 0.359 e. The van der Waals surface area contributed by atoms with Crippen molar-refractivity contribution in [2.75, 3.05) is 12.8 Å². The van der Waals surface area contributed by atoms with Crippen LogP contribution in [0.25, 0.3) is 0 Å². The van der Waals surface area contributed by atoms with Gasteiger partial charge in [0.1, 0.15) is 0 Å². The second kappa shape index (κ2) is 7.16. The van der Waals surface area contributed by atoms with Gasteiger partial charge in [0.05, 0.1) is 16.8 Å². The number of amidine groups is 1. The summed E-state index contributed by atoms with van der Waals surface area (Å²) in [4.78, 5) is 3.22. The van der Waals surface area contributed by atoms with Gasteiger partial charge in [-0.2, -0.15) is 26.3 Å². The van der Waals surface area contributed by atoms with E-state index in [0.717, 1.165) is 7.05 Å². The molecule has 1 N–H and O–H groups in total. The lowest BCUT2D eigenvalue weighted by molar-refractivity contribution is -0.105. The standard InChI is InChI=1S/C12H13ClF6N2S/c1-6-3-7(13)9(22-5-11(14,15)16)4-8(6)21-10(20-2)12(17,18)19/h3-4,6,8H,5H2,1-2H3,(H,20,21). The molecule has 0 aromatic heterocycles. The number of rotatable bonds is 3. The third kappa shape index (κ3) is 5.75. The molecule has 22 heavy (non-hydrogen) atoms. The molecule has 0 aromatic carbocycles. The molecule has 1 aliphatic carbocycles. The van der Waals surface area contributed by atoms with Crippen LogP contribution >= 0.6 is 23.4 Å². The van der Waals surface area contributed by atoms with Crippen LogP contribution < -0.4 is 5.32 Å². The zero-order chi connectivity index (χ0) is 17.1. The molecule has 1 rings (SSSR count). The number of alkyl halides is 6. The fraction of sp³-hybridized carbons (Fsp3) is 0.583. The summed E-state index contributed by atoms with van der Waals surface area (Å²) in [5.41, 5.74) is 0. The SMILES string of the molecule is CN=C(NC1C=C(SCC(F)(F)F)C(Cl)=CC1C)C(F)(F)F. The summed E-state index contributed by atoms with van der Waals surface area (Å²) in [5, 5.41) is 2.29. The molecule has 0 spiro atoms. The van der Waals surface area contributed by atoms with Crippen LogP contribution in [0.15, 0.2) is 27.1 Å². The summed E-state index contributed by atoms with van der Waals surface area (Å²) in [7, 11) is 0.981. The molecule has 0 aromatic rings. The second-order valence-electron chi connectivity index (χ2n) is 4.55. The minimum atomic E-state index is -4.66. The van der Waals surface area contributed by atoms with Gasteiger partial charge in [0.25, 0.3) is 0 Å².